The monoisotopic (exact) mass is 180 g/mol. The third-order valence-corrected chi connectivity index (χ3v) is 1.48. The largest absolute Gasteiger partial charge is 0.484 e. The maximum atomic E-state index is 10.2. The zero-order valence-electron chi connectivity index (χ0n) is 6.99. The molecule has 2 N–H and O–H groups in total. The van der Waals surface area contributed by atoms with Gasteiger partial charge in [-0.1, -0.05) is 12.1 Å². The summed E-state index contributed by atoms with van der Waals surface area (Å²) >= 11 is 0. The number of benzene rings is 1. The summed E-state index contributed by atoms with van der Waals surface area (Å²) in [5.41, 5.74) is 7.38. The van der Waals surface area contributed by atoms with Gasteiger partial charge in [-0.05, 0) is 17.7 Å². The lowest BCUT2D eigenvalue weighted by molar-refractivity contribution is -0.120. The number of ether oxygens (including phenoxy) is 1. The second-order valence-corrected chi connectivity index (χ2v) is 2.51. The minimum absolute atomic E-state index is 0.0162. The molecule has 1 aromatic carbocycles. The summed E-state index contributed by atoms with van der Waals surface area (Å²) in [7, 11) is 0. The Morgan fingerprint density at radius 1 is 1.38 bits per heavy atom. The first-order chi connectivity index (χ1) is 6.22. The predicted molar refractivity (Wildman–Crippen MR) is 46.0 cm³/mol. The average Bonchev–Trinajstić information content (AvgIpc) is 2.15. The molecule has 0 aliphatic rings. The molecule has 4 heteroatoms. The maximum absolute atomic E-state index is 10.2. The van der Waals surface area contributed by atoms with E-state index in [0.29, 0.717) is 5.75 Å². The third-order valence-electron chi connectivity index (χ3n) is 1.48. The van der Waals surface area contributed by atoms with Gasteiger partial charge < -0.3 is 9.84 Å². The number of hydrogen-bond acceptors (Lipinski definition) is 3. The van der Waals surface area contributed by atoms with Gasteiger partial charge >= 0.3 is 0 Å². The van der Waals surface area contributed by atoms with Crippen LogP contribution in [0.15, 0.2) is 24.3 Å². The van der Waals surface area contributed by atoms with Gasteiger partial charge in [-0.2, -0.15) is 0 Å². The minimum atomic E-state index is -0.758. The quantitative estimate of drug-likeness (QED) is 0.727. The van der Waals surface area contributed by atoms with Gasteiger partial charge in [-0.3, -0.25) is 10.5 Å². The van der Waals surface area contributed by atoms with E-state index < -0.39 is 5.91 Å². The predicted octanol–water partition coefficient (Wildman–Crippen LogP) is 0.367. The third kappa shape index (κ3) is 3.13. The van der Waals surface area contributed by atoms with Crippen molar-refractivity contribution in [2.24, 2.45) is 0 Å². The lowest BCUT2D eigenvalue weighted by Crippen LogP contribution is -2.11. The van der Waals surface area contributed by atoms with E-state index in [1.165, 1.54) is 0 Å². The van der Waals surface area contributed by atoms with Crippen molar-refractivity contribution in [3.8, 4) is 5.75 Å². The van der Waals surface area contributed by atoms with Crippen LogP contribution in [0.25, 0.3) is 0 Å². The number of amides is 1. The number of nitrogens with one attached hydrogen (secondary N) is 1. The molecule has 0 unspecified atom stereocenters. The highest BCUT2D eigenvalue weighted by Crippen LogP contribution is 2.11. The van der Waals surface area contributed by atoms with Crippen molar-refractivity contribution in [3.05, 3.63) is 29.8 Å². The molecule has 1 aromatic rings. The summed E-state index contributed by atoms with van der Waals surface area (Å²) in [5, 5.41) is 8.72. The molecule has 0 fully saturated rings. The van der Waals surface area contributed by atoms with Crippen molar-refractivity contribution in [2.75, 3.05) is 6.61 Å². The summed E-state index contributed by atoms with van der Waals surface area (Å²) in [6.07, 6.45) is 0. The number of carbonyl (C=O) groups is 1. The first kappa shape index (κ1) is 9.54. The van der Waals surface area contributed by atoms with Crippen molar-refractivity contribution in [1.82, 2.24) is 5.73 Å². The van der Waals surface area contributed by atoms with Crippen LogP contribution in [0, 0.1) is 0 Å². The van der Waals surface area contributed by atoms with Gasteiger partial charge in [0, 0.05) is 0 Å². The van der Waals surface area contributed by atoms with Crippen molar-refractivity contribution in [1.29, 1.82) is 0 Å². The maximum Gasteiger partial charge on any atom is 0.276 e. The van der Waals surface area contributed by atoms with E-state index in [2.05, 4.69) is 0 Å². The van der Waals surface area contributed by atoms with E-state index in [1.807, 2.05) is 0 Å². The van der Waals surface area contributed by atoms with E-state index >= 15 is 0 Å². The van der Waals surface area contributed by atoms with Crippen molar-refractivity contribution >= 4 is 5.91 Å². The van der Waals surface area contributed by atoms with Gasteiger partial charge in [0.05, 0.1) is 6.61 Å². The Hall–Kier alpha value is -1.55. The SMILES string of the molecule is [NH]C(=O)COc1ccc(CO)cc1. The molecular formula is C9H10NO3. The van der Waals surface area contributed by atoms with Gasteiger partial charge in [-0.15, -0.1) is 0 Å². The molecule has 4 nitrogen and oxygen atoms in total. The minimum Gasteiger partial charge on any atom is -0.484 e. The zero-order valence-corrected chi connectivity index (χ0v) is 6.99. The molecule has 0 bridgehead atoms. The number of carbonyl (C=O) groups excluding carboxylic acids is 1. The summed E-state index contributed by atoms with van der Waals surface area (Å²) in [5.74, 6) is -0.232. The van der Waals surface area contributed by atoms with Crippen LogP contribution in [-0.2, 0) is 11.4 Å². The number of aliphatic hydroxyl groups is 1. The highest BCUT2D eigenvalue weighted by molar-refractivity contribution is 5.74. The molecule has 13 heavy (non-hydrogen) atoms. The standard InChI is InChI=1S/C9H10NO3/c10-9(12)6-13-8-3-1-7(5-11)2-4-8/h1-4,10-11H,5-6H2. The fourth-order valence-corrected chi connectivity index (χ4v) is 0.840. The number of aliphatic hydroxyl groups excluding tert-OH is 1. The fraction of sp³-hybridized carbons (Fsp3) is 0.222. The molecule has 0 heterocycles. The van der Waals surface area contributed by atoms with Crippen molar-refractivity contribution < 1.29 is 14.6 Å². The summed E-state index contributed by atoms with van der Waals surface area (Å²) in [6, 6.07) is 6.69. The van der Waals surface area contributed by atoms with Crippen LogP contribution in [0.3, 0.4) is 0 Å². The van der Waals surface area contributed by atoms with Crippen LogP contribution in [0.5, 0.6) is 5.75 Å². The van der Waals surface area contributed by atoms with Crippen LogP contribution in [0.1, 0.15) is 5.56 Å². The second kappa shape index (κ2) is 4.47. The summed E-state index contributed by atoms with van der Waals surface area (Å²) in [6.45, 7) is -0.254. The smallest absolute Gasteiger partial charge is 0.276 e. The van der Waals surface area contributed by atoms with E-state index in [9.17, 15) is 4.79 Å². The number of rotatable bonds is 4. The molecule has 0 aliphatic heterocycles. The molecule has 0 spiro atoms. The highest BCUT2D eigenvalue weighted by atomic mass is 16.5. The topological polar surface area (TPSA) is 70.3 Å². The van der Waals surface area contributed by atoms with E-state index in [1.54, 1.807) is 24.3 Å². The Balaban J connectivity index is 2.54. The van der Waals surface area contributed by atoms with Gasteiger partial charge in [0.1, 0.15) is 5.75 Å². The molecule has 0 aromatic heterocycles. The lowest BCUT2D eigenvalue weighted by atomic mass is 10.2. The fourth-order valence-electron chi connectivity index (χ4n) is 0.840. The van der Waals surface area contributed by atoms with Gasteiger partial charge in [-0.25, -0.2) is 0 Å². The molecule has 1 radical (unpaired) electrons. The first-order valence-electron chi connectivity index (χ1n) is 3.79. The highest BCUT2D eigenvalue weighted by Gasteiger charge is 1.97. The van der Waals surface area contributed by atoms with Crippen LogP contribution in [0.4, 0.5) is 0 Å². The van der Waals surface area contributed by atoms with Gasteiger partial charge in [0.15, 0.2) is 6.61 Å². The van der Waals surface area contributed by atoms with Crippen LogP contribution in [-0.4, -0.2) is 17.6 Å². The summed E-state index contributed by atoms with van der Waals surface area (Å²) < 4.78 is 4.95. The molecule has 0 saturated carbocycles. The molecule has 1 amide bonds. The first-order valence-corrected chi connectivity index (χ1v) is 3.79. The Labute approximate surface area is 75.9 Å². The van der Waals surface area contributed by atoms with E-state index in [4.69, 9.17) is 15.6 Å². The average molecular weight is 180 g/mol. The Bertz CT molecular complexity index is 281. The second-order valence-electron chi connectivity index (χ2n) is 2.51. The zero-order chi connectivity index (χ0) is 9.68. The Kier molecular flexibility index (Phi) is 3.28. The van der Waals surface area contributed by atoms with Gasteiger partial charge in [0.2, 0.25) is 0 Å². The number of hydrogen-bond donors (Lipinski definition) is 1. The molecule has 0 saturated heterocycles. The Morgan fingerprint density at radius 3 is 2.46 bits per heavy atom. The van der Waals surface area contributed by atoms with Crippen molar-refractivity contribution in [3.63, 3.8) is 0 Å². The van der Waals surface area contributed by atoms with E-state index in [0.717, 1.165) is 5.56 Å². The van der Waals surface area contributed by atoms with Crippen LogP contribution in [0.2, 0.25) is 0 Å². The van der Waals surface area contributed by atoms with E-state index in [-0.39, 0.29) is 13.2 Å². The molecule has 69 valence electrons. The molecule has 1 rings (SSSR count). The molecular weight excluding hydrogens is 170 g/mol. The summed E-state index contributed by atoms with van der Waals surface area (Å²) in [4.78, 5) is 10.2. The van der Waals surface area contributed by atoms with Crippen LogP contribution >= 0.6 is 0 Å². The Morgan fingerprint density at radius 2 is 2.00 bits per heavy atom. The van der Waals surface area contributed by atoms with Gasteiger partial charge in [0.25, 0.3) is 5.91 Å². The van der Waals surface area contributed by atoms with Crippen LogP contribution < -0.4 is 10.5 Å². The molecule has 0 aliphatic carbocycles. The molecule has 0 atom stereocenters. The van der Waals surface area contributed by atoms with Crippen molar-refractivity contribution in [2.45, 2.75) is 6.61 Å². The normalized spacial score (nSPS) is 9.62. The lowest BCUT2D eigenvalue weighted by Gasteiger charge is -2.03.